The van der Waals surface area contributed by atoms with Gasteiger partial charge in [-0.3, -0.25) is 19.3 Å². The summed E-state index contributed by atoms with van der Waals surface area (Å²) in [5.41, 5.74) is 0.651. The van der Waals surface area contributed by atoms with Crippen LogP contribution >= 0.6 is 11.6 Å². The van der Waals surface area contributed by atoms with Crippen LogP contribution in [0.15, 0.2) is 24.3 Å². The maximum Gasteiger partial charge on any atom is 0.233 e. The molecule has 1 aromatic rings. The van der Waals surface area contributed by atoms with Crippen molar-refractivity contribution in [2.24, 2.45) is 23.7 Å². The number of halogens is 1. The first-order valence-corrected chi connectivity index (χ1v) is 8.83. The van der Waals surface area contributed by atoms with E-state index in [2.05, 4.69) is 5.32 Å². The van der Waals surface area contributed by atoms with E-state index in [0.29, 0.717) is 22.5 Å². The number of anilines is 1. The van der Waals surface area contributed by atoms with Gasteiger partial charge in [0.2, 0.25) is 17.7 Å². The van der Waals surface area contributed by atoms with Crippen LogP contribution in [-0.2, 0) is 14.4 Å². The Labute approximate surface area is 145 Å². The fourth-order valence-electron chi connectivity index (χ4n) is 4.66. The summed E-state index contributed by atoms with van der Waals surface area (Å²) in [7, 11) is 0. The Bertz CT molecular complexity index is 675. The van der Waals surface area contributed by atoms with E-state index in [-0.39, 0.29) is 42.5 Å². The molecule has 0 spiro atoms. The second kappa shape index (κ2) is 5.88. The quantitative estimate of drug-likeness (QED) is 0.852. The van der Waals surface area contributed by atoms with Crippen molar-refractivity contribution < 1.29 is 14.4 Å². The molecule has 3 aliphatic rings. The summed E-state index contributed by atoms with van der Waals surface area (Å²) in [6, 6.07) is 6.83. The Kier molecular flexibility index (Phi) is 3.83. The van der Waals surface area contributed by atoms with Crippen molar-refractivity contribution in [1.29, 1.82) is 0 Å². The molecule has 0 radical (unpaired) electrons. The lowest BCUT2D eigenvalue weighted by Crippen LogP contribution is -2.35. The van der Waals surface area contributed by atoms with E-state index < -0.39 is 0 Å². The van der Waals surface area contributed by atoms with E-state index >= 15 is 0 Å². The van der Waals surface area contributed by atoms with Crippen LogP contribution in [0.4, 0.5) is 5.69 Å². The Hall–Kier alpha value is -1.88. The Morgan fingerprint density at radius 1 is 1.08 bits per heavy atom. The molecular weight excluding hydrogens is 328 g/mol. The van der Waals surface area contributed by atoms with Crippen molar-refractivity contribution in [1.82, 2.24) is 4.90 Å². The Morgan fingerprint density at radius 3 is 2.25 bits per heavy atom. The highest BCUT2D eigenvalue weighted by Gasteiger charge is 2.60. The predicted molar refractivity (Wildman–Crippen MR) is 89.2 cm³/mol. The summed E-state index contributed by atoms with van der Waals surface area (Å²) in [5.74, 6) is 0.200. The molecule has 1 N–H and O–H groups in total. The maximum absolute atomic E-state index is 12.6. The minimum atomic E-state index is -0.210. The van der Waals surface area contributed by atoms with Gasteiger partial charge < -0.3 is 5.32 Å². The molecule has 2 aliphatic carbocycles. The van der Waals surface area contributed by atoms with Crippen LogP contribution in [0.3, 0.4) is 0 Å². The summed E-state index contributed by atoms with van der Waals surface area (Å²) in [6.45, 7) is 0.170. The lowest BCUT2D eigenvalue weighted by atomic mass is 9.81. The number of hydrogen-bond donors (Lipinski definition) is 1. The van der Waals surface area contributed by atoms with Crippen molar-refractivity contribution >= 4 is 35.0 Å². The highest BCUT2D eigenvalue weighted by Crippen LogP contribution is 2.56. The molecular formula is C18H19ClN2O3. The molecule has 4 rings (SSSR count). The third kappa shape index (κ3) is 2.51. The van der Waals surface area contributed by atoms with Crippen LogP contribution in [0.2, 0.25) is 5.02 Å². The van der Waals surface area contributed by atoms with Crippen molar-refractivity contribution in [3.8, 4) is 0 Å². The molecule has 5 nitrogen and oxygen atoms in total. The van der Waals surface area contributed by atoms with E-state index in [9.17, 15) is 14.4 Å². The van der Waals surface area contributed by atoms with Crippen LogP contribution in [0, 0.1) is 23.7 Å². The second-order valence-electron chi connectivity index (χ2n) is 7.02. The van der Waals surface area contributed by atoms with E-state index in [0.717, 1.165) is 19.3 Å². The van der Waals surface area contributed by atoms with Gasteiger partial charge in [0.05, 0.1) is 11.8 Å². The Morgan fingerprint density at radius 2 is 1.67 bits per heavy atom. The molecule has 24 heavy (non-hydrogen) atoms. The van der Waals surface area contributed by atoms with Crippen molar-refractivity contribution in [3.05, 3.63) is 29.3 Å². The van der Waals surface area contributed by atoms with Gasteiger partial charge >= 0.3 is 0 Å². The van der Waals surface area contributed by atoms with E-state index in [1.54, 1.807) is 24.3 Å². The number of rotatable bonds is 4. The molecule has 1 aliphatic heterocycles. The average molecular weight is 347 g/mol. The molecule has 3 fully saturated rings. The molecule has 1 heterocycles. The zero-order chi connectivity index (χ0) is 16.8. The number of amides is 3. The molecule has 126 valence electrons. The molecule has 2 bridgehead atoms. The number of hydrogen-bond acceptors (Lipinski definition) is 3. The highest BCUT2D eigenvalue weighted by molar-refractivity contribution is 6.30. The monoisotopic (exact) mass is 346 g/mol. The van der Waals surface area contributed by atoms with Gasteiger partial charge in [0, 0.05) is 23.7 Å². The highest BCUT2D eigenvalue weighted by atomic mass is 35.5. The topological polar surface area (TPSA) is 66.5 Å². The molecule has 0 aromatic heterocycles. The van der Waals surface area contributed by atoms with Gasteiger partial charge in [-0.1, -0.05) is 11.6 Å². The van der Waals surface area contributed by atoms with Gasteiger partial charge in [-0.2, -0.15) is 0 Å². The number of nitrogens with one attached hydrogen (secondary N) is 1. The smallest absolute Gasteiger partial charge is 0.233 e. The van der Waals surface area contributed by atoms with Gasteiger partial charge in [-0.05, 0) is 55.4 Å². The maximum atomic E-state index is 12.6. The van der Waals surface area contributed by atoms with Gasteiger partial charge in [0.1, 0.15) is 0 Å². The lowest BCUT2D eigenvalue weighted by molar-refractivity contribution is -0.140. The summed E-state index contributed by atoms with van der Waals surface area (Å²) in [4.78, 5) is 38.5. The zero-order valence-corrected chi connectivity index (χ0v) is 14.0. The molecule has 0 unspecified atom stereocenters. The largest absolute Gasteiger partial charge is 0.326 e. The standard InChI is InChI=1S/C18H19ClN2O3/c19-12-3-5-13(6-4-12)20-14(22)7-8-21-17(23)15-10-1-2-11(9-10)16(15)18(21)24/h3-6,10-11,15-16H,1-2,7-9H2,(H,20,22)/t10-,11-,15-,16-/m0/s1. The van der Waals surface area contributed by atoms with Crippen LogP contribution in [0.25, 0.3) is 0 Å². The molecule has 1 aromatic carbocycles. The molecule has 2 saturated carbocycles. The van der Waals surface area contributed by atoms with Gasteiger partial charge in [-0.25, -0.2) is 0 Å². The van der Waals surface area contributed by atoms with Crippen molar-refractivity contribution in [3.63, 3.8) is 0 Å². The normalized spacial score (nSPS) is 30.8. The number of likely N-dealkylation sites (tertiary alicyclic amines) is 1. The third-order valence-electron chi connectivity index (χ3n) is 5.71. The van der Waals surface area contributed by atoms with Crippen molar-refractivity contribution in [2.75, 3.05) is 11.9 Å². The van der Waals surface area contributed by atoms with E-state index in [4.69, 9.17) is 11.6 Å². The van der Waals surface area contributed by atoms with Crippen LogP contribution < -0.4 is 5.32 Å². The number of carbonyl (C=O) groups is 3. The molecule has 6 heteroatoms. The second-order valence-corrected chi connectivity index (χ2v) is 7.45. The van der Waals surface area contributed by atoms with Gasteiger partial charge in [-0.15, -0.1) is 0 Å². The van der Waals surface area contributed by atoms with Gasteiger partial charge in [0.25, 0.3) is 0 Å². The van der Waals surface area contributed by atoms with Crippen molar-refractivity contribution in [2.45, 2.75) is 25.7 Å². The SMILES string of the molecule is O=C(CCN1C(=O)[C@H]2[C@H]3CC[C@@H](C3)[C@@H]2C1=O)Nc1ccc(Cl)cc1. The molecule has 4 atom stereocenters. The lowest BCUT2D eigenvalue weighted by Gasteiger charge is -2.19. The fraction of sp³-hybridized carbons (Fsp3) is 0.500. The number of fused-ring (bicyclic) bond motifs is 5. The first kappa shape index (κ1) is 15.6. The minimum absolute atomic E-state index is 0.0588. The molecule has 1 saturated heterocycles. The number of benzene rings is 1. The molecule has 3 amide bonds. The van der Waals surface area contributed by atoms with Gasteiger partial charge in [0.15, 0.2) is 0 Å². The fourth-order valence-corrected chi connectivity index (χ4v) is 4.79. The summed E-state index contributed by atoms with van der Waals surface area (Å²) < 4.78 is 0. The summed E-state index contributed by atoms with van der Waals surface area (Å²) in [6.07, 6.45) is 3.28. The van der Waals surface area contributed by atoms with E-state index in [1.165, 1.54) is 4.90 Å². The summed E-state index contributed by atoms with van der Waals surface area (Å²) >= 11 is 5.81. The zero-order valence-electron chi connectivity index (χ0n) is 13.2. The number of nitrogens with zero attached hydrogens (tertiary/aromatic N) is 1. The predicted octanol–water partition coefficient (Wildman–Crippen LogP) is 2.70. The summed E-state index contributed by atoms with van der Waals surface area (Å²) in [5, 5.41) is 3.36. The minimum Gasteiger partial charge on any atom is -0.326 e. The first-order chi connectivity index (χ1) is 11.5. The number of carbonyl (C=O) groups excluding carboxylic acids is 3. The first-order valence-electron chi connectivity index (χ1n) is 8.45. The van der Waals surface area contributed by atoms with E-state index in [1.807, 2.05) is 0 Å². The van der Waals surface area contributed by atoms with Crippen LogP contribution in [0.5, 0.6) is 0 Å². The average Bonchev–Trinajstić information content (AvgIpc) is 3.23. The van der Waals surface area contributed by atoms with Crippen LogP contribution in [0.1, 0.15) is 25.7 Å². The van der Waals surface area contributed by atoms with Crippen LogP contribution in [-0.4, -0.2) is 29.2 Å². The number of imide groups is 1. The Balaban J connectivity index is 1.36. The third-order valence-corrected chi connectivity index (χ3v) is 5.96.